The van der Waals surface area contributed by atoms with Gasteiger partial charge in [-0.3, -0.25) is 14.5 Å². The fourth-order valence-electron chi connectivity index (χ4n) is 3.57. The zero-order valence-corrected chi connectivity index (χ0v) is 17.7. The number of halogens is 2. The molecular weight excluding hydrogens is 431 g/mol. The molecule has 31 heavy (non-hydrogen) atoms. The Balaban J connectivity index is 1.66. The molecule has 0 aliphatic rings. The quantitative estimate of drug-likeness (QED) is 0.357. The second kappa shape index (κ2) is 8.02. The van der Waals surface area contributed by atoms with Crippen LogP contribution in [0.3, 0.4) is 0 Å². The first-order valence-electron chi connectivity index (χ1n) is 9.65. The molecule has 1 N–H and O–H groups in total. The van der Waals surface area contributed by atoms with Crippen molar-refractivity contribution in [3.63, 3.8) is 0 Å². The predicted octanol–water partition coefficient (Wildman–Crippen LogP) is 6.19. The number of carbonyl (C=O) groups is 1. The van der Waals surface area contributed by atoms with Crippen molar-refractivity contribution in [2.75, 3.05) is 5.32 Å². The van der Waals surface area contributed by atoms with Gasteiger partial charge in [-0.25, -0.2) is 0 Å². The molecule has 2 heterocycles. The van der Waals surface area contributed by atoms with E-state index in [-0.39, 0.29) is 5.91 Å². The zero-order valence-electron chi connectivity index (χ0n) is 16.2. The topological polar surface area (TPSA) is 59.8 Å². The van der Waals surface area contributed by atoms with Crippen LogP contribution in [0.15, 0.2) is 79.0 Å². The minimum atomic E-state index is -0.296. The van der Waals surface area contributed by atoms with Gasteiger partial charge in [0.2, 0.25) is 0 Å². The van der Waals surface area contributed by atoms with Gasteiger partial charge in [-0.15, -0.1) is 0 Å². The van der Waals surface area contributed by atoms with Crippen LogP contribution in [0.1, 0.15) is 16.1 Å². The Labute approximate surface area is 188 Å². The Morgan fingerprint density at radius 3 is 2.48 bits per heavy atom. The second-order valence-corrected chi connectivity index (χ2v) is 7.91. The van der Waals surface area contributed by atoms with Crippen molar-refractivity contribution >= 4 is 56.6 Å². The van der Waals surface area contributed by atoms with Crippen molar-refractivity contribution in [3.8, 4) is 0 Å². The van der Waals surface area contributed by atoms with Crippen LogP contribution in [-0.4, -0.2) is 20.7 Å². The summed E-state index contributed by atoms with van der Waals surface area (Å²) in [4.78, 5) is 17.5. The number of pyridine rings is 1. The van der Waals surface area contributed by atoms with Gasteiger partial charge in [0.1, 0.15) is 0 Å². The van der Waals surface area contributed by atoms with E-state index in [1.54, 1.807) is 29.1 Å². The molecule has 5 aromatic rings. The number of hydrogen-bond donors (Lipinski definition) is 1. The van der Waals surface area contributed by atoms with E-state index < -0.39 is 0 Å². The Morgan fingerprint density at radius 2 is 1.71 bits per heavy atom. The maximum atomic E-state index is 13.1. The van der Waals surface area contributed by atoms with E-state index in [2.05, 4.69) is 15.4 Å². The molecular formula is C24H16Cl2N4O. The summed E-state index contributed by atoms with van der Waals surface area (Å²) in [5.41, 5.74) is 3.35. The molecule has 0 unspecified atom stereocenters. The Hall–Kier alpha value is -3.41. The molecule has 0 spiro atoms. The summed E-state index contributed by atoms with van der Waals surface area (Å²) in [5, 5.41) is 10.3. The molecule has 0 aliphatic heterocycles. The number of hydrogen-bond acceptors (Lipinski definition) is 3. The lowest BCUT2D eigenvalue weighted by atomic mass is 10.1. The van der Waals surface area contributed by atoms with Crippen molar-refractivity contribution in [1.29, 1.82) is 0 Å². The summed E-state index contributed by atoms with van der Waals surface area (Å²) in [6.07, 6.45) is 1.73. The van der Waals surface area contributed by atoms with Crippen molar-refractivity contribution in [2.24, 2.45) is 0 Å². The molecule has 0 fully saturated rings. The first-order chi connectivity index (χ1) is 15.1. The highest BCUT2D eigenvalue weighted by Gasteiger charge is 2.20. The summed E-state index contributed by atoms with van der Waals surface area (Å²) >= 11 is 12.8. The molecule has 0 saturated heterocycles. The van der Waals surface area contributed by atoms with Crippen molar-refractivity contribution in [3.05, 3.63) is 100 Å². The van der Waals surface area contributed by atoms with Gasteiger partial charge in [0.05, 0.1) is 17.6 Å². The van der Waals surface area contributed by atoms with E-state index in [0.717, 1.165) is 22.0 Å². The number of amides is 1. The number of rotatable bonds is 4. The first-order valence-corrected chi connectivity index (χ1v) is 10.4. The number of benzene rings is 3. The van der Waals surface area contributed by atoms with E-state index in [1.165, 1.54) is 0 Å². The van der Waals surface area contributed by atoms with Crippen LogP contribution in [0.4, 0.5) is 5.69 Å². The minimum Gasteiger partial charge on any atom is -0.321 e. The molecule has 2 aromatic heterocycles. The van der Waals surface area contributed by atoms with Gasteiger partial charge in [-0.05, 0) is 42.5 Å². The first kappa shape index (κ1) is 19.5. The van der Waals surface area contributed by atoms with Gasteiger partial charge in [0.15, 0.2) is 5.69 Å². The smallest absolute Gasteiger partial charge is 0.276 e. The molecule has 0 bridgehead atoms. The van der Waals surface area contributed by atoms with Crippen molar-refractivity contribution in [2.45, 2.75) is 6.54 Å². The number of aromatic nitrogens is 3. The van der Waals surface area contributed by atoms with Crippen LogP contribution in [-0.2, 0) is 6.54 Å². The molecule has 1 amide bonds. The second-order valence-electron chi connectivity index (χ2n) is 7.09. The fourth-order valence-corrected chi connectivity index (χ4v) is 4.09. The molecule has 152 valence electrons. The van der Waals surface area contributed by atoms with Crippen LogP contribution in [0.2, 0.25) is 10.0 Å². The monoisotopic (exact) mass is 446 g/mol. The van der Waals surface area contributed by atoms with Crippen LogP contribution >= 0.6 is 23.2 Å². The standard InChI is InChI=1S/C24H16Cl2N4O/c25-19-9-4-10-20(26)18(19)14-30-22-12-15-6-5-11-27-21(15)13-17(22)23(29-30)24(31)28-16-7-2-1-3-8-16/h1-13H,14H2,(H,28,31). The molecule has 0 aliphatic carbocycles. The number of fused-ring (bicyclic) bond motifs is 2. The average Bonchev–Trinajstić information content (AvgIpc) is 3.13. The third-order valence-electron chi connectivity index (χ3n) is 5.09. The number of nitrogens with one attached hydrogen (secondary N) is 1. The van der Waals surface area contributed by atoms with Gasteiger partial charge in [-0.2, -0.15) is 5.10 Å². The van der Waals surface area contributed by atoms with Gasteiger partial charge < -0.3 is 5.32 Å². The molecule has 0 radical (unpaired) electrons. The van der Waals surface area contributed by atoms with Crippen molar-refractivity contribution in [1.82, 2.24) is 14.8 Å². The van der Waals surface area contributed by atoms with E-state index >= 15 is 0 Å². The third kappa shape index (κ3) is 3.74. The maximum absolute atomic E-state index is 13.1. The highest BCUT2D eigenvalue weighted by Crippen LogP contribution is 2.29. The van der Waals surface area contributed by atoms with E-state index in [4.69, 9.17) is 23.2 Å². The summed E-state index contributed by atoms with van der Waals surface area (Å²) < 4.78 is 1.76. The molecule has 0 atom stereocenters. The third-order valence-corrected chi connectivity index (χ3v) is 5.80. The lowest BCUT2D eigenvalue weighted by Crippen LogP contribution is -2.14. The Morgan fingerprint density at radius 1 is 0.935 bits per heavy atom. The molecule has 5 nitrogen and oxygen atoms in total. The summed E-state index contributed by atoms with van der Waals surface area (Å²) in [5.74, 6) is -0.296. The number of carbonyl (C=O) groups excluding carboxylic acids is 1. The lowest BCUT2D eigenvalue weighted by Gasteiger charge is -2.08. The van der Waals surface area contributed by atoms with Crippen LogP contribution in [0.25, 0.3) is 21.8 Å². The van der Waals surface area contributed by atoms with Gasteiger partial charge in [-0.1, -0.05) is 53.5 Å². The molecule has 0 saturated carbocycles. The van der Waals surface area contributed by atoms with Gasteiger partial charge in [0, 0.05) is 38.3 Å². The summed E-state index contributed by atoms with van der Waals surface area (Å²) in [6, 6.07) is 22.4. The maximum Gasteiger partial charge on any atom is 0.276 e. The largest absolute Gasteiger partial charge is 0.321 e. The fraction of sp³-hybridized carbons (Fsp3) is 0.0417. The van der Waals surface area contributed by atoms with Gasteiger partial charge >= 0.3 is 0 Å². The van der Waals surface area contributed by atoms with Crippen LogP contribution < -0.4 is 5.32 Å². The molecule has 7 heteroatoms. The highest BCUT2D eigenvalue weighted by molar-refractivity contribution is 6.36. The lowest BCUT2D eigenvalue weighted by molar-refractivity contribution is 0.102. The van der Waals surface area contributed by atoms with E-state index in [9.17, 15) is 4.79 Å². The van der Waals surface area contributed by atoms with Crippen LogP contribution in [0, 0.1) is 0 Å². The van der Waals surface area contributed by atoms with Crippen LogP contribution in [0.5, 0.6) is 0 Å². The van der Waals surface area contributed by atoms with E-state index in [1.807, 2.05) is 54.6 Å². The molecule has 3 aromatic carbocycles. The highest BCUT2D eigenvalue weighted by atomic mass is 35.5. The minimum absolute atomic E-state index is 0.296. The van der Waals surface area contributed by atoms with E-state index in [0.29, 0.717) is 33.4 Å². The Bertz CT molecular complexity index is 1410. The number of anilines is 1. The van der Waals surface area contributed by atoms with Crippen molar-refractivity contribution < 1.29 is 4.79 Å². The predicted molar refractivity (Wildman–Crippen MR) is 125 cm³/mol. The summed E-state index contributed by atoms with van der Waals surface area (Å²) in [6.45, 7) is 0.333. The molecule has 5 rings (SSSR count). The zero-order chi connectivity index (χ0) is 21.4. The summed E-state index contributed by atoms with van der Waals surface area (Å²) in [7, 11) is 0. The average molecular weight is 447 g/mol. The SMILES string of the molecule is O=C(Nc1ccccc1)c1nn(Cc2c(Cl)cccc2Cl)c2cc3cccnc3cc12. The normalized spacial score (nSPS) is 11.2. The van der Waals surface area contributed by atoms with Gasteiger partial charge in [0.25, 0.3) is 5.91 Å². The number of para-hydroxylation sites is 1. The number of nitrogens with zero attached hydrogens (tertiary/aromatic N) is 3. The Kier molecular flexibility index (Phi) is 5.06.